The number of carboxylic acid groups (broad SMARTS) is 1. The van der Waals surface area contributed by atoms with Gasteiger partial charge in [-0.15, -0.1) is 0 Å². The first-order chi connectivity index (χ1) is 11.5. The van der Waals surface area contributed by atoms with Crippen LogP contribution in [-0.2, 0) is 4.79 Å². The van der Waals surface area contributed by atoms with Crippen LogP contribution in [-0.4, -0.2) is 67.3 Å². The highest BCUT2D eigenvalue weighted by atomic mass is 16.5. The summed E-state index contributed by atoms with van der Waals surface area (Å²) in [5.74, 6) is 0.394. The van der Waals surface area contributed by atoms with Crippen LogP contribution < -0.4 is 9.47 Å². The van der Waals surface area contributed by atoms with Crippen molar-refractivity contribution < 1.29 is 19.4 Å². The Balaban J connectivity index is 2.32. The molecular formula is C18H28N2O4. The van der Waals surface area contributed by atoms with Crippen LogP contribution in [0.15, 0.2) is 18.2 Å². The van der Waals surface area contributed by atoms with E-state index in [2.05, 4.69) is 18.9 Å². The van der Waals surface area contributed by atoms with Crippen LogP contribution in [0.5, 0.6) is 11.5 Å². The van der Waals surface area contributed by atoms with Gasteiger partial charge in [-0.3, -0.25) is 9.69 Å². The van der Waals surface area contributed by atoms with Crippen molar-refractivity contribution in [2.45, 2.75) is 32.4 Å². The molecule has 0 aromatic heterocycles. The number of nitrogens with zero attached hydrogens (tertiary/aromatic N) is 2. The van der Waals surface area contributed by atoms with Gasteiger partial charge in [0.15, 0.2) is 11.5 Å². The van der Waals surface area contributed by atoms with E-state index < -0.39 is 12.0 Å². The van der Waals surface area contributed by atoms with Gasteiger partial charge in [-0.25, -0.2) is 0 Å². The summed E-state index contributed by atoms with van der Waals surface area (Å²) in [4.78, 5) is 16.3. The molecule has 134 valence electrons. The summed E-state index contributed by atoms with van der Waals surface area (Å²) in [6, 6.07) is 4.91. The van der Waals surface area contributed by atoms with Gasteiger partial charge in [0.1, 0.15) is 6.04 Å². The number of piperazine rings is 1. The number of carbonyl (C=O) groups is 1. The molecule has 1 saturated heterocycles. The second kappa shape index (κ2) is 8.35. The monoisotopic (exact) mass is 336 g/mol. The molecule has 0 saturated carbocycles. The predicted molar refractivity (Wildman–Crippen MR) is 92.8 cm³/mol. The fourth-order valence-electron chi connectivity index (χ4n) is 3.20. The number of ether oxygens (including phenoxy) is 2. The first-order valence-electron chi connectivity index (χ1n) is 8.45. The summed E-state index contributed by atoms with van der Waals surface area (Å²) >= 11 is 0. The topological polar surface area (TPSA) is 62.2 Å². The first kappa shape index (κ1) is 18.5. The standard InChI is InChI=1S/C18H28N2O4/c1-5-10-24-16-11-14(6-7-15(16)23-4)17(18(21)22)20-9-8-19(3)12-13(20)2/h6-7,11,13,17H,5,8-10,12H2,1-4H3,(H,21,22). The van der Waals surface area contributed by atoms with Gasteiger partial charge in [-0.1, -0.05) is 13.0 Å². The van der Waals surface area contributed by atoms with Crippen molar-refractivity contribution in [1.82, 2.24) is 9.80 Å². The summed E-state index contributed by atoms with van der Waals surface area (Å²) in [6.07, 6.45) is 0.880. The molecule has 2 rings (SSSR count). The SMILES string of the molecule is CCCOc1cc(C(C(=O)O)N2CCN(C)CC2C)ccc1OC. The van der Waals surface area contributed by atoms with Crippen LogP contribution in [0, 0.1) is 0 Å². The number of rotatable bonds is 7. The van der Waals surface area contributed by atoms with Gasteiger partial charge >= 0.3 is 5.97 Å². The molecular weight excluding hydrogens is 308 g/mol. The summed E-state index contributed by atoms with van der Waals surface area (Å²) in [5.41, 5.74) is 0.728. The summed E-state index contributed by atoms with van der Waals surface area (Å²) in [5, 5.41) is 9.83. The van der Waals surface area contributed by atoms with Crippen molar-refractivity contribution in [3.63, 3.8) is 0 Å². The smallest absolute Gasteiger partial charge is 0.325 e. The van der Waals surface area contributed by atoms with Crippen LogP contribution in [0.2, 0.25) is 0 Å². The molecule has 1 aromatic rings. The van der Waals surface area contributed by atoms with Crippen LogP contribution >= 0.6 is 0 Å². The first-order valence-corrected chi connectivity index (χ1v) is 8.45. The van der Waals surface area contributed by atoms with E-state index in [4.69, 9.17) is 9.47 Å². The maximum atomic E-state index is 12.0. The fraction of sp³-hybridized carbons (Fsp3) is 0.611. The number of benzene rings is 1. The van der Waals surface area contributed by atoms with Crippen molar-refractivity contribution in [3.8, 4) is 11.5 Å². The average molecular weight is 336 g/mol. The lowest BCUT2D eigenvalue weighted by molar-refractivity contribution is -0.145. The van der Waals surface area contributed by atoms with E-state index in [-0.39, 0.29) is 6.04 Å². The molecule has 0 radical (unpaired) electrons. The van der Waals surface area contributed by atoms with Gasteiger partial charge in [-0.05, 0) is 38.1 Å². The Morgan fingerprint density at radius 3 is 2.71 bits per heavy atom. The van der Waals surface area contributed by atoms with Gasteiger partial charge in [0.25, 0.3) is 0 Å². The summed E-state index contributed by atoms with van der Waals surface area (Å²) in [6.45, 7) is 7.13. The van der Waals surface area contributed by atoms with Crippen LogP contribution in [0.1, 0.15) is 31.9 Å². The lowest BCUT2D eigenvalue weighted by atomic mass is 10.0. The number of aliphatic carboxylic acids is 1. The minimum absolute atomic E-state index is 0.173. The Bertz CT molecular complexity index is 564. The lowest BCUT2D eigenvalue weighted by Crippen LogP contribution is -2.53. The number of methoxy groups -OCH3 is 1. The molecule has 1 aliphatic rings. The van der Waals surface area contributed by atoms with E-state index in [1.807, 2.05) is 17.9 Å². The van der Waals surface area contributed by atoms with Crippen molar-refractivity contribution in [1.29, 1.82) is 0 Å². The highest BCUT2D eigenvalue weighted by Gasteiger charge is 2.34. The van der Waals surface area contributed by atoms with Gasteiger partial charge in [0, 0.05) is 25.7 Å². The summed E-state index contributed by atoms with van der Waals surface area (Å²) < 4.78 is 11.1. The zero-order valence-corrected chi connectivity index (χ0v) is 15.0. The molecule has 6 nitrogen and oxygen atoms in total. The molecule has 0 amide bonds. The number of likely N-dealkylation sites (N-methyl/N-ethyl adjacent to an activating group) is 1. The van der Waals surface area contributed by atoms with Crippen molar-refractivity contribution >= 4 is 5.97 Å². The highest BCUT2D eigenvalue weighted by molar-refractivity contribution is 5.76. The van der Waals surface area contributed by atoms with Gasteiger partial charge < -0.3 is 19.5 Å². The molecule has 0 bridgehead atoms. The average Bonchev–Trinajstić information content (AvgIpc) is 2.55. The molecule has 1 N–H and O–H groups in total. The third-order valence-electron chi connectivity index (χ3n) is 4.41. The zero-order valence-electron chi connectivity index (χ0n) is 15.0. The highest BCUT2D eigenvalue weighted by Crippen LogP contribution is 2.33. The van der Waals surface area contributed by atoms with Crippen LogP contribution in [0.3, 0.4) is 0 Å². The fourth-order valence-corrected chi connectivity index (χ4v) is 3.20. The molecule has 2 atom stereocenters. The zero-order chi connectivity index (χ0) is 17.7. The molecule has 2 unspecified atom stereocenters. The molecule has 0 spiro atoms. The van der Waals surface area contributed by atoms with E-state index >= 15 is 0 Å². The maximum absolute atomic E-state index is 12.0. The Morgan fingerprint density at radius 1 is 1.38 bits per heavy atom. The molecule has 1 aromatic carbocycles. The molecule has 1 aliphatic heterocycles. The Hall–Kier alpha value is -1.79. The number of hydrogen-bond donors (Lipinski definition) is 1. The van der Waals surface area contributed by atoms with Crippen LogP contribution in [0.4, 0.5) is 0 Å². The quantitative estimate of drug-likeness (QED) is 0.824. The minimum atomic E-state index is -0.835. The lowest BCUT2D eigenvalue weighted by Gasteiger charge is -2.41. The minimum Gasteiger partial charge on any atom is -0.493 e. The third kappa shape index (κ3) is 4.19. The normalized spacial score (nSPS) is 20.6. The third-order valence-corrected chi connectivity index (χ3v) is 4.41. The van der Waals surface area contributed by atoms with Crippen molar-refractivity contribution in [2.24, 2.45) is 0 Å². The Labute approximate surface area is 144 Å². The van der Waals surface area contributed by atoms with Crippen molar-refractivity contribution in [2.75, 3.05) is 40.4 Å². The molecule has 0 aliphatic carbocycles. The summed E-state index contributed by atoms with van der Waals surface area (Å²) in [7, 11) is 3.65. The van der Waals surface area contributed by atoms with Gasteiger partial charge in [-0.2, -0.15) is 0 Å². The Morgan fingerprint density at radius 2 is 2.12 bits per heavy atom. The van der Waals surface area contributed by atoms with E-state index in [0.717, 1.165) is 31.6 Å². The molecule has 1 heterocycles. The number of carboxylic acids is 1. The van der Waals surface area contributed by atoms with E-state index in [1.54, 1.807) is 19.2 Å². The largest absolute Gasteiger partial charge is 0.493 e. The number of hydrogen-bond acceptors (Lipinski definition) is 5. The second-order valence-electron chi connectivity index (χ2n) is 6.35. The second-order valence-corrected chi connectivity index (χ2v) is 6.35. The molecule has 1 fully saturated rings. The van der Waals surface area contributed by atoms with Gasteiger partial charge in [0.05, 0.1) is 13.7 Å². The van der Waals surface area contributed by atoms with Crippen molar-refractivity contribution in [3.05, 3.63) is 23.8 Å². The van der Waals surface area contributed by atoms with E-state index in [0.29, 0.717) is 18.1 Å². The van der Waals surface area contributed by atoms with Gasteiger partial charge in [0.2, 0.25) is 0 Å². The maximum Gasteiger partial charge on any atom is 0.325 e. The van der Waals surface area contributed by atoms with Crippen LogP contribution in [0.25, 0.3) is 0 Å². The molecule has 24 heavy (non-hydrogen) atoms. The van der Waals surface area contributed by atoms with E-state index in [9.17, 15) is 9.90 Å². The predicted octanol–water partition coefficient (Wildman–Crippen LogP) is 2.25. The van der Waals surface area contributed by atoms with E-state index in [1.165, 1.54) is 0 Å². The Kier molecular flexibility index (Phi) is 6.45. The molecule has 6 heteroatoms.